The third-order valence-electron chi connectivity index (χ3n) is 10.8. The first kappa shape index (κ1) is 55.9. The fraction of sp³-hybridized carbons (Fsp3) is 0.765. The van der Waals surface area contributed by atoms with Crippen molar-refractivity contribution in [3.05, 3.63) is 48.6 Å². The number of unbranched alkanes of at least 4 members (excludes halogenated alkanes) is 16. The maximum absolute atomic E-state index is 14.0. The molecule has 0 aromatic carbocycles. The molecule has 0 spiro atoms. The highest BCUT2D eigenvalue weighted by atomic mass is 16.7. The minimum atomic E-state index is -1.24. The number of rotatable bonds is 39. The Balaban J connectivity index is 2.78. The second kappa shape index (κ2) is 38.6. The van der Waals surface area contributed by atoms with E-state index >= 15 is 0 Å². The van der Waals surface area contributed by atoms with E-state index in [-0.39, 0.29) is 38.1 Å². The fourth-order valence-electron chi connectivity index (χ4n) is 7.07. The summed E-state index contributed by atoms with van der Waals surface area (Å²) in [6.45, 7) is 5.22. The van der Waals surface area contributed by atoms with Crippen molar-refractivity contribution in [3.8, 4) is 0 Å². The molecule has 0 aromatic rings. The fourth-order valence-corrected chi connectivity index (χ4v) is 7.07. The monoisotopic (exact) mass is 857 g/mol. The van der Waals surface area contributed by atoms with E-state index in [4.69, 9.17) is 18.9 Å². The molecule has 1 fully saturated rings. The van der Waals surface area contributed by atoms with Crippen LogP contribution in [0.5, 0.6) is 0 Å². The lowest BCUT2D eigenvalue weighted by Crippen LogP contribution is -2.40. The summed E-state index contributed by atoms with van der Waals surface area (Å²) in [7, 11) is 7.47. The van der Waals surface area contributed by atoms with E-state index in [9.17, 15) is 19.2 Å². The number of Topliss-reactive ketones (excluding diaryl/α,β-unsaturated/α-hetero) is 1. The van der Waals surface area contributed by atoms with Crippen LogP contribution in [0.15, 0.2) is 48.6 Å². The van der Waals surface area contributed by atoms with Gasteiger partial charge >= 0.3 is 17.9 Å². The molecule has 1 heterocycles. The van der Waals surface area contributed by atoms with E-state index in [0.29, 0.717) is 25.9 Å². The van der Waals surface area contributed by atoms with Crippen LogP contribution in [-0.4, -0.2) is 99.9 Å². The van der Waals surface area contributed by atoms with Crippen LogP contribution in [0.25, 0.3) is 0 Å². The molecule has 1 aliphatic heterocycles. The Kier molecular flexibility index (Phi) is 35.4. The minimum absolute atomic E-state index is 0.111. The van der Waals surface area contributed by atoms with Gasteiger partial charge in [0.2, 0.25) is 6.29 Å². The number of ketones is 1. The van der Waals surface area contributed by atoms with Gasteiger partial charge in [0.25, 0.3) is 0 Å². The van der Waals surface area contributed by atoms with Crippen LogP contribution in [-0.2, 0) is 38.1 Å². The first-order valence-electron chi connectivity index (χ1n) is 24.2. The lowest BCUT2D eigenvalue weighted by Gasteiger charge is -2.23. The van der Waals surface area contributed by atoms with Gasteiger partial charge in [-0.05, 0) is 105 Å². The van der Waals surface area contributed by atoms with E-state index < -0.39 is 42.3 Å². The van der Waals surface area contributed by atoms with Crippen molar-refractivity contribution in [3.63, 3.8) is 0 Å². The maximum Gasteiger partial charge on any atom is 0.309 e. The predicted molar refractivity (Wildman–Crippen MR) is 249 cm³/mol. The Morgan fingerprint density at radius 3 is 1.41 bits per heavy atom. The number of hydrogen-bond acceptors (Lipinski definition) is 10. The molecular weight excluding hydrogens is 769 g/mol. The van der Waals surface area contributed by atoms with Gasteiger partial charge in [-0.25, -0.2) is 0 Å². The van der Waals surface area contributed by atoms with Crippen molar-refractivity contribution in [2.45, 2.75) is 199 Å². The molecule has 2 unspecified atom stereocenters. The lowest BCUT2D eigenvalue weighted by molar-refractivity contribution is -0.187. The molecule has 1 saturated heterocycles. The van der Waals surface area contributed by atoms with Gasteiger partial charge in [-0.3, -0.25) is 19.2 Å². The van der Waals surface area contributed by atoms with Crippen molar-refractivity contribution >= 4 is 23.7 Å². The molecule has 10 nitrogen and oxygen atoms in total. The highest BCUT2D eigenvalue weighted by Crippen LogP contribution is 2.34. The summed E-state index contributed by atoms with van der Waals surface area (Å²) in [5.41, 5.74) is 0. The molecule has 0 radical (unpaired) electrons. The van der Waals surface area contributed by atoms with Gasteiger partial charge < -0.3 is 28.7 Å². The number of carbonyl (C=O) groups is 4. The number of nitrogens with zero attached hydrogens (tertiary/aromatic N) is 2. The largest absolute Gasteiger partial charge is 0.463 e. The summed E-state index contributed by atoms with van der Waals surface area (Å²) in [4.78, 5) is 56.6. The van der Waals surface area contributed by atoms with Crippen molar-refractivity contribution in [1.29, 1.82) is 0 Å². The molecular formula is C51H88N2O8. The van der Waals surface area contributed by atoms with Gasteiger partial charge in [0, 0.05) is 25.9 Å². The third-order valence-corrected chi connectivity index (χ3v) is 10.8. The third kappa shape index (κ3) is 31.4. The van der Waals surface area contributed by atoms with Crippen LogP contribution in [0, 0.1) is 5.92 Å². The quantitative estimate of drug-likeness (QED) is 0.0256. The van der Waals surface area contributed by atoms with Gasteiger partial charge in [0.1, 0.15) is 30.5 Å². The first-order chi connectivity index (χ1) is 29.6. The number of esters is 3. The van der Waals surface area contributed by atoms with Crippen molar-refractivity contribution in [2.24, 2.45) is 5.92 Å². The number of ether oxygens (including phenoxy) is 4. The first-order valence-corrected chi connectivity index (χ1v) is 24.2. The zero-order valence-electron chi connectivity index (χ0n) is 39.6. The molecule has 0 N–H and O–H groups in total. The molecule has 0 saturated carbocycles. The van der Waals surface area contributed by atoms with Gasteiger partial charge in [-0.15, -0.1) is 0 Å². The summed E-state index contributed by atoms with van der Waals surface area (Å²) in [5, 5.41) is 0. The molecule has 0 amide bonds. The maximum atomic E-state index is 14.0. The SMILES string of the molecule is CCCCC/C=C\C/C=C\CCCCCCCC(=O)OC1C(C(=O)CCCCCCC/C=C\C/C=C\CCCCC)[C@H](OC(=O)CCN(C)C)O[C@@H]1COC(=O)CCN(C)C. The van der Waals surface area contributed by atoms with E-state index in [1.54, 1.807) is 0 Å². The van der Waals surface area contributed by atoms with Crippen LogP contribution >= 0.6 is 0 Å². The molecule has 0 bridgehead atoms. The van der Waals surface area contributed by atoms with Gasteiger partial charge in [0.05, 0.1) is 12.8 Å². The van der Waals surface area contributed by atoms with Crippen molar-refractivity contribution in [1.82, 2.24) is 9.80 Å². The Hall–Kier alpha value is -3.08. The Morgan fingerprint density at radius 1 is 0.492 bits per heavy atom. The van der Waals surface area contributed by atoms with E-state index in [2.05, 4.69) is 62.5 Å². The topological polar surface area (TPSA) is 112 Å². The average Bonchev–Trinajstić information content (AvgIpc) is 3.56. The smallest absolute Gasteiger partial charge is 0.309 e. The minimum Gasteiger partial charge on any atom is -0.463 e. The van der Waals surface area contributed by atoms with Crippen LogP contribution < -0.4 is 0 Å². The van der Waals surface area contributed by atoms with Crippen LogP contribution in [0.2, 0.25) is 0 Å². The number of hydrogen-bond donors (Lipinski definition) is 0. The predicted octanol–water partition coefficient (Wildman–Crippen LogP) is 11.4. The highest BCUT2D eigenvalue weighted by molar-refractivity contribution is 5.83. The van der Waals surface area contributed by atoms with Crippen molar-refractivity contribution < 1.29 is 38.1 Å². The molecule has 350 valence electrons. The Labute approximate surface area is 372 Å². The summed E-state index contributed by atoms with van der Waals surface area (Å²) >= 11 is 0. The second-order valence-electron chi connectivity index (χ2n) is 17.2. The average molecular weight is 857 g/mol. The Bertz CT molecular complexity index is 1260. The summed E-state index contributed by atoms with van der Waals surface area (Å²) in [6.07, 6.45) is 39.2. The summed E-state index contributed by atoms with van der Waals surface area (Å²) in [5.74, 6) is -2.54. The molecule has 4 atom stereocenters. The van der Waals surface area contributed by atoms with E-state index in [1.807, 2.05) is 38.0 Å². The van der Waals surface area contributed by atoms with Gasteiger partial charge in [-0.2, -0.15) is 0 Å². The molecule has 0 aromatic heterocycles. The van der Waals surface area contributed by atoms with Gasteiger partial charge in [-0.1, -0.05) is 127 Å². The summed E-state index contributed by atoms with van der Waals surface area (Å²) < 4.78 is 23.5. The molecule has 61 heavy (non-hydrogen) atoms. The molecule has 10 heteroatoms. The van der Waals surface area contributed by atoms with Crippen LogP contribution in [0.1, 0.15) is 181 Å². The van der Waals surface area contributed by atoms with E-state index in [1.165, 1.54) is 44.9 Å². The number of carbonyl (C=O) groups excluding carboxylic acids is 4. The molecule has 1 rings (SSSR count). The standard InChI is InChI=1S/C51H88N2O8/c1-7-9-11-13-15-17-19-21-23-25-27-29-31-33-35-37-44(54)49-50(60-47(56)38-36-34-32-30-28-26-24-22-20-18-16-14-12-10-8-2)45(43-58-46(55)39-41-52(3)4)59-51(49)61-48(57)40-42-53(5)6/h15-18,21-24,45,49-51H,7-14,19-20,25-43H2,1-6H3/b17-15-,18-16-,23-21-,24-22-/t45-,49?,50?,51+/m1/s1. The zero-order chi connectivity index (χ0) is 44.8. The van der Waals surface area contributed by atoms with Gasteiger partial charge in [0.15, 0.2) is 0 Å². The van der Waals surface area contributed by atoms with Crippen LogP contribution in [0.3, 0.4) is 0 Å². The van der Waals surface area contributed by atoms with Crippen LogP contribution in [0.4, 0.5) is 0 Å². The highest BCUT2D eigenvalue weighted by Gasteiger charge is 2.52. The van der Waals surface area contributed by atoms with E-state index in [0.717, 1.165) is 83.5 Å². The zero-order valence-corrected chi connectivity index (χ0v) is 39.6. The lowest BCUT2D eigenvalue weighted by atomic mass is 9.92. The summed E-state index contributed by atoms with van der Waals surface area (Å²) in [6, 6.07) is 0. The number of allylic oxidation sites excluding steroid dienone is 8. The molecule has 0 aliphatic carbocycles. The second-order valence-corrected chi connectivity index (χ2v) is 17.2. The Morgan fingerprint density at radius 2 is 0.918 bits per heavy atom. The normalized spacial score (nSPS) is 18.2. The van der Waals surface area contributed by atoms with Crippen molar-refractivity contribution in [2.75, 3.05) is 47.9 Å². The molecule has 1 aliphatic rings.